The van der Waals surface area contributed by atoms with Gasteiger partial charge in [-0.2, -0.15) is 4.98 Å². The molecule has 0 spiro atoms. The summed E-state index contributed by atoms with van der Waals surface area (Å²) in [5.41, 5.74) is -0.179. The van der Waals surface area contributed by atoms with Crippen molar-refractivity contribution in [3.05, 3.63) is 11.7 Å². The predicted octanol–water partition coefficient (Wildman–Crippen LogP) is 0.504. The summed E-state index contributed by atoms with van der Waals surface area (Å²) in [6.07, 6.45) is 0.610. The molecular formula is C13H22N4O3. The standard InChI is InChI=1S/C13H22N4O3/c1-13(2,3)12-15-10(20-16-12)6-7-11(19)17(5)8-9(18)14-4/h6-8H2,1-5H3,(H,14,18). The highest BCUT2D eigenvalue weighted by molar-refractivity contribution is 5.84. The fourth-order valence-electron chi connectivity index (χ4n) is 1.45. The fraction of sp³-hybridized carbons (Fsp3) is 0.692. The van der Waals surface area contributed by atoms with E-state index in [1.807, 2.05) is 20.8 Å². The molecule has 112 valence electrons. The van der Waals surface area contributed by atoms with Gasteiger partial charge in [-0.3, -0.25) is 9.59 Å². The third-order valence-corrected chi connectivity index (χ3v) is 2.78. The van der Waals surface area contributed by atoms with Crippen LogP contribution in [0.2, 0.25) is 0 Å². The smallest absolute Gasteiger partial charge is 0.239 e. The van der Waals surface area contributed by atoms with Crippen molar-refractivity contribution >= 4 is 11.8 Å². The van der Waals surface area contributed by atoms with E-state index >= 15 is 0 Å². The Kier molecular flexibility index (Phi) is 5.24. The van der Waals surface area contributed by atoms with Gasteiger partial charge in [0.2, 0.25) is 17.7 Å². The minimum absolute atomic E-state index is 0.0480. The molecule has 0 saturated heterocycles. The van der Waals surface area contributed by atoms with E-state index in [2.05, 4.69) is 15.5 Å². The third-order valence-electron chi connectivity index (χ3n) is 2.78. The van der Waals surface area contributed by atoms with Gasteiger partial charge in [0, 0.05) is 32.4 Å². The predicted molar refractivity (Wildman–Crippen MR) is 73.0 cm³/mol. The molecule has 1 heterocycles. The van der Waals surface area contributed by atoms with E-state index in [9.17, 15) is 9.59 Å². The Labute approximate surface area is 118 Å². The summed E-state index contributed by atoms with van der Waals surface area (Å²) in [6.45, 7) is 6.02. The molecule has 1 N–H and O–H groups in total. The second kappa shape index (κ2) is 6.49. The van der Waals surface area contributed by atoms with E-state index in [4.69, 9.17) is 4.52 Å². The van der Waals surface area contributed by atoms with Crippen LogP contribution >= 0.6 is 0 Å². The number of amides is 2. The van der Waals surface area contributed by atoms with Crippen LogP contribution in [0.25, 0.3) is 0 Å². The summed E-state index contributed by atoms with van der Waals surface area (Å²) in [5, 5.41) is 6.37. The molecule has 0 aromatic carbocycles. The fourth-order valence-corrected chi connectivity index (χ4v) is 1.45. The number of rotatable bonds is 5. The van der Waals surface area contributed by atoms with Crippen LogP contribution in [0.4, 0.5) is 0 Å². The van der Waals surface area contributed by atoms with Gasteiger partial charge in [0.25, 0.3) is 0 Å². The lowest BCUT2D eigenvalue weighted by Crippen LogP contribution is -2.36. The lowest BCUT2D eigenvalue weighted by Gasteiger charge is -2.15. The van der Waals surface area contributed by atoms with Crippen molar-refractivity contribution in [1.82, 2.24) is 20.4 Å². The maximum atomic E-state index is 11.8. The van der Waals surface area contributed by atoms with Crippen molar-refractivity contribution in [2.75, 3.05) is 20.6 Å². The molecule has 2 amide bonds. The zero-order chi connectivity index (χ0) is 15.3. The minimum Gasteiger partial charge on any atom is -0.358 e. The molecule has 20 heavy (non-hydrogen) atoms. The maximum absolute atomic E-state index is 11.8. The van der Waals surface area contributed by atoms with Crippen LogP contribution in [0.3, 0.4) is 0 Å². The average Bonchev–Trinajstić information content (AvgIpc) is 2.84. The van der Waals surface area contributed by atoms with Gasteiger partial charge in [-0.25, -0.2) is 0 Å². The Morgan fingerprint density at radius 2 is 2.00 bits per heavy atom. The number of carbonyl (C=O) groups is 2. The van der Waals surface area contributed by atoms with E-state index in [1.165, 1.54) is 11.9 Å². The Morgan fingerprint density at radius 1 is 1.35 bits per heavy atom. The summed E-state index contributed by atoms with van der Waals surface area (Å²) < 4.78 is 5.11. The molecule has 1 aromatic rings. The number of hydrogen-bond donors (Lipinski definition) is 1. The number of nitrogens with zero attached hydrogens (tertiary/aromatic N) is 3. The van der Waals surface area contributed by atoms with E-state index in [-0.39, 0.29) is 30.2 Å². The zero-order valence-corrected chi connectivity index (χ0v) is 12.7. The molecule has 1 aromatic heterocycles. The van der Waals surface area contributed by atoms with Gasteiger partial charge in [0.15, 0.2) is 5.82 Å². The summed E-state index contributed by atoms with van der Waals surface area (Å²) in [4.78, 5) is 28.6. The number of carbonyl (C=O) groups excluding carboxylic acids is 2. The van der Waals surface area contributed by atoms with Crippen LogP contribution < -0.4 is 5.32 Å². The lowest BCUT2D eigenvalue weighted by molar-refractivity contribution is -0.134. The lowest BCUT2D eigenvalue weighted by atomic mass is 9.96. The van der Waals surface area contributed by atoms with Crippen LogP contribution in [-0.4, -0.2) is 47.5 Å². The quantitative estimate of drug-likeness (QED) is 0.849. The summed E-state index contributed by atoms with van der Waals surface area (Å²) in [7, 11) is 3.12. The first-order valence-electron chi connectivity index (χ1n) is 6.51. The Bertz CT molecular complexity index is 476. The first-order chi connectivity index (χ1) is 9.24. The number of aromatic nitrogens is 2. The number of likely N-dealkylation sites (N-methyl/N-ethyl adjacent to an activating group) is 2. The van der Waals surface area contributed by atoms with Crippen LogP contribution in [-0.2, 0) is 21.4 Å². The molecule has 0 fully saturated rings. The highest BCUT2D eigenvalue weighted by Gasteiger charge is 2.21. The first-order valence-corrected chi connectivity index (χ1v) is 6.51. The van der Waals surface area contributed by atoms with Crippen molar-refractivity contribution in [3.8, 4) is 0 Å². The SMILES string of the molecule is CNC(=O)CN(C)C(=O)CCc1nc(C(C)(C)C)no1. The van der Waals surface area contributed by atoms with Gasteiger partial charge < -0.3 is 14.7 Å². The molecule has 1 rings (SSSR count). The van der Waals surface area contributed by atoms with Crippen molar-refractivity contribution in [2.24, 2.45) is 0 Å². The average molecular weight is 282 g/mol. The molecule has 0 bridgehead atoms. The van der Waals surface area contributed by atoms with Crippen LogP contribution in [0.1, 0.15) is 38.9 Å². The summed E-state index contributed by atoms with van der Waals surface area (Å²) >= 11 is 0. The normalized spacial score (nSPS) is 11.2. The molecule has 0 atom stereocenters. The molecule has 0 unspecified atom stereocenters. The minimum atomic E-state index is -0.200. The van der Waals surface area contributed by atoms with Gasteiger partial charge in [0.1, 0.15) is 0 Å². The zero-order valence-electron chi connectivity index (χ0n) is 12.7. The highest BCUT2D eigenvalue weighted by atomic mass is 16.5. The summed E-state index contributed by atoms with van der Waals surface area (Å²) in [6, 6.07) is 0. The van der Waals surface area contributed by atoms with Crippen molar-refractivity contribution in [2.45, 2.75) is 39.0 Å². The van der Waals surface area contributed by atoms with Gasteiger partial charge in [-0.1, -0.05) is 25.9 Å². The van der Waals surface area contributed by atoms with Crippen LogP contribution in [0.15, 0.2) is 4.52 Å². The van der Waals surface area contributed by atoms with Gasteiger partial charge in [-0.05, 0) is 0 Å². The van der Waals surface area contributed by atoms with Crippen LogP contribution in [0.5, 0.6) is 0 Å². The van der Waals surface area contributed by atoms with E-state index < -0.39 is 0 Å². The second-order valence-electron chi connectivity index (χ2n) is 5.68. The number of nitrogens with one attached hydrogen (secondary N) is 1. The maximum Gasteiger partial charge on any atom is 0.239 e. The molecule has 0 aliphatic rings. The Hall–Kier alpha value is -1.92. The van der Waals surface area contributed by atoms with Crippen LogP contribution in [0, 0.1) is 0 Å². The topological polar surface area (TPSA) is 88.3 Å². The van der Waals surface area contributed by atoms with E-state index in [0.29, 0.717) is 18.1 Å². The molecule has 7 nitrogen and oxygen atoms in total. The summed E-state index contributed by atoms with van der Waals surface area (Å²) in [5.74, 6) is 0.730. The highest BCUT2D eigenvalue weighted by Crippen LogP contribution is 2.18. The Morgan fingerprint density at radius 3 is 2.50 bits per heavy atom. The molecule has 0 aliphatic carbocycles. The van der Waals surface area contributed by atoms with Gasteiger partial charge >= 0.3 is 0 Å². The van der Waals surface area contributed by atoms with Crippen molar-refractivity contribution in [1.29, 1.82) is 0 Å². The third kappa shape index (κ3) is 4.64. The molecule has 0 radical (unpaired) electrons. The Balaban J connectivity index is 2.49. The number of aryl methyl sites for hydroxylation is 1. The van der Waals surface area contributed by atoms with Crippen molar-refractivity contribution < 1.29 is 14.1 Å². The molecule has 7 heteroatoms. The first kappa shape index (κ1) is 16.1. The van der Waals surface area contributed by atoms with E-state index in [1.54, 1.807) is 7.05 Å². The number of hydrogen-bond acceptors (Lipinski definition) is 5. The largest absolute Gasteiger partial charge is 0.358 e. The van der Waals surface area contributed by atoms with Crippen molar-refractivity contribution in [3.63, 3.8) is 0 Å². The van der Waals surface area contributed by atoms with E-state index in [0.717, 1.165) is 0 Å². The van der Waals surface area contributed by atoms with Gasteiger partial charge in [-0.15, -0.1) is 0 Å². The molecule has 0 saturated carbocycles. The van der Waals surface area contributed by atoms with Gasteiger partial charge in [0.05, 0.1) is 6.54 Å². The second-order valence-corrected chi connectivity index (χ2v) is 5.68. The molecule has 0 aliphatic heterocycles. The molecular weight excluding hydrogens is 260 g/mol. The monoisotopic (exact) mass is 282 g/mol.